The van der Waals surface area contributed by atoms with Gasteiger partial charge < -0.3 is 10.4 Å². The van der Waals surface area contributed by atoms with Gasteiger partial charge in [0.25, 0.3) is 0 Å². The Bertz CT molecular complexity index is 914. The molecule has 104 valence electrons. The first-order valence-corrected chi connectivity index (χ1v) is 6.10. The summed E-state index contributed by atoms with van der Waals surface area (Å²) < 4.78 is 31.2. The van der Waals surface area contributed by atoms with Crippen LogP contribution >= 0.6 is 0 Å². The van der Waals surface area contributed by atoms with E-state index in [2.05, 4.69) is 10.3 Å². The highest BCUT2D eigenvalue weighted by atomic mass is 16.4. The Hall–Kier alpha value is -2.95. The first-order chi connectivity index (χ1) is 11.8. The van der Waals surface area contributed by atoms with Crippen molar-refractivity contribution in [2.45, 2.75) is 5.92 Å². The van der Waals surface area contributed by atoms with Gasteiger partial charge in [0.1, 0.15) is 5.92 Å². The molecule has 1 aliphatic rings. The predicted molar refractivity (Wildman–Crippen MR) is 79.4 cm³/mol. The van der Waals surface area contributed by atoms with Gasteiger partial charge in [0.2, 0.25) is 5.91 Å². The van der Waals surface area contributed by atoms with E-state index in [0.29, 0.717) is 11.3 Å². The maximum absolute atomic E-state index is 12.1. The second-order valence-electron chi connectivity index (χ2n) is 4.36. The van der Waals surface area contributed by atoms with Crippen molar-refractivity contribution < 1.29 is 20.2 Å². The first-order valence-electron chi connectivity index (χ1n) is 8.10. The number of carboxylic acid groups (broad SMARTS) is 1. The van der Waals surface area contributed by atoms with E-state index in [1.54, 1.807) is 24.3 Å². The largest absolute Gasteiger partial charge is 0.478 e. The molecule has 3 rings (SSSR count). The minimum absolute atomic E-state index is 0.308. The van der Waals surface area contributed by atoms with Gasteiger partial charge in [-0.1, -0.05) is 18.2 Å². The van der Waals surface area contributed by atoms with E-state index >= 15 is 0 Å². The van der Waals surface area contributed by atoms with Crippen molar-refractivity contribution in [3.05, 3.63) is 59.6 Å². The van der Waals surface area contributed by atoms with E-state index in [4.69, 9.17) is 10.6 Å². The molecule has 2 aromatic carbocycles. The van der Waals surface area contributed by atoms with Gasteiger partial charge in [0.15, 0.2) is 0 Å². The smallest absolute Gasteiger partial charge is 0.335 e. The van der Waals surface area contributed by atoms with Crippen LogP contribution in [-0.2, 0) is 4.79 Å². The van der Waals surface area contributed by atoms with E-state index in [9.17, 15) is 9.59 Å². The first kappa shape index (κ1) is 9.07. The summed E-state index contributed by atoms with van der Waals surface area (Å²) in [6.45, 7) is 0. The fraction of sp³-hybridized carbons (Fsp3) is 0.0625. The average Bonchev–Trinajstić information content (AvgIpc) is 2.88. The van der Waals surface area contributed by atoms with Gasteiger partial charge >= 0.3 is 5.97 Å². The number of nitrogens with zero attached hydrogens (tertiary/aromatic N) is 1. The van der Waals surface area contributed by atoms with E-state index in [-0.39, 0.29) is 11.6 Å². The minimum atomic E-state index is -1.54. The Morgan fingerprint density at radius 1 is 1.29 bits per heavy atom. The number of fused-ring (bicyclic) bond motifs is 1. The zero-order valence-corrected chi connectivity index (χ0v) is 10.7. The molecule has 1 aliphatic heterocycles. The second kappa shape index (κ2) is 5.20. The molecule has 2 aromatic rings. The molecular formula is C16H12N2O3. The number of aromatic carboxylic acids is 1. The van der Waals surface area contributed by atoms with Crippen LogP contribution in [-0.4, -0.2) is 23.2 Å². The summed E-state index contributed by atoms with van der Waals surface area (Å²) in [7, 11) is 0. The number of amides is 1. The highest BCUT2D eigenvalue weighted by molar-refractivity contribution is 6.12. The summed E-state index contributed by atoms with van der Waals surface area (Å²) in [6.07, 6.45) is 1.24. The highest BCUT2D eigenvalue weighted by Crippen LogP contribution is 2.31. The fourth-order valence-electron chi connectivity index (χ4n) is 2.01. The van der Waals surface area contributed by atoms with Gasteiger partial charge in [-0.25, -0.2) is 4.79 Å². The van der Waals surface area contributed by atoms with Crippen molar-refractivity contribution in [3.63, 3.8) is 0 Å². The highest BCUT2D eigenvalue weighted by Gasteiger charge is 2.28. The number of aliphatic imine (C=N–C) groups is 1. The molecule has 0 aromatic heterocycles. The van der Waals surface area contributed by atoms with Crippen molar-refractivity contribution in [3.8, 4) is 0 Å². The van der Waals surface area contributed by atoms with Gasteiger partial charge in [0.05, 0.1) is 16.7 Å². The number of benzene rings is 2. The lowest BCUT2D eigenvalue weighted by atomic mass is 10.0. The Balaban J connectivity index is 2.06. The average molecular weight is 284 g/mol. The molecule has 0 radical (unpaired) electrons. The maximum atomic E-state index is 12.1. The predicted octanol–water partition coefficient (Wildman–Crippen LogP) is 2.82. The minimum Gasteiger partial charge on any atom is -0.478 e. The fourth-order valence-corrected chi connectivity index (χ4v) is 2.01. The Morgan fingerprint density at radius 3 is 2.71 bits per heavy atom. The van der Waals surface area contributed by atoms with Crippen LogP contribution in [0.5, 0.6) is 0 Å². The molecule has 21 heavy (non-hydrogen) atoms. The number of hydrogen-bond acceptors (Lipinski definition) is 3. The number of nitrogens with one attached hydrogen (secondary N) is 1. The van der Waals surface area contributed by atoms with Crippen LogP contribution in [0.25, 0.3) is 0 Å². The van der Waals surface area contributed by atoms with Crippen LogP contribution in [0.15, 0.2) is 53.4 Å². The zero-order valence-electron chi connectivity index (χ0n) is 14.7. The molecule has 1 heterocycles. The summed E-state index contributed by atoms with van der Waals surface area (Å²) in [5.74, 6) is -2.59. The normalized spacial score (nSPS) is 19.4. The molecule has 1 amide bonds. The van der Waals surface area contributed by atoms with E-state index in [1.807, 2.05) is 0 Å². The monoisotopic (exact) mass is 284 g/mol. The van der Waals surface area contributed by atoms with Crippen molar-refractivity contribution in [1.29, 1.82) is 0 Å². The lowest BCUT2D eigenvalue weighted by Gasteiger charge is -2.01. The van der Waals surface area contributed by atoms with Crippen molar-refractivity contribution in [2.75, 3.05) is 5.32 Å². The van der Waals surface area contributed by atoms with E-state index in [1.165, 1.54) is 6.21 Å². The zero-order chi connectivity index (χ0) is 18.3. The number of para-hydroxylation sites is 1. The third kappa shape index (κ3) is 2.53. The summed E-state index contributed by atoms with van der Waals surface area (Å²) in [5, 5.41) is 11.7. The molecule has 5 heteroatoms. The summed E-state index contributed by atoms with van der Waals surface area (Å²) in [4.78, 5) is 27.1. The lowest BCUT2D eigenvalue weighted by molar-refractivity contribution is -0.115. The lowest BCUT2D eigenvalue weighted by Crippen LogP contribution is -2.12. The number of rotatable bonds is 3. The molecule has 5 nitrogen and oxygen atoms in total. The molecule has 0 aliphatic carbocycles. The Morgan fingerprint density at radius 2 is 2.00 bits per heavy atom. The summed E-state index contributed by atoms with van der Waals surface area (Å²) >= 11 is 0. The van der Waals surface area contributed by atoms with Gasteiger partial charge in [-0.2, -0.15) is 0 Å². The molecular weight excluding hydrogens is 268 g/mol. The standard InChI is InChI=1S/C16H12N2O3/c19-15-13(12-3-1-2-4-14(12)18-15)9-17-11-7-5-10(6-8-11)16(20)21/h1-9,13H,(H,18,19)(H,20,21)/i5D,6D,7D,8D. The topological polar surface area (TPSA) is 78.8 Å². The molecule has 0 fully saturated rings. The molecule has 0 bridgehead atoms. The summed E-state index contributed by atoms with van der Waals surface area (Å²) in [6, 6.07) is 4.50. The van der Waals surface area contributed by atoms with Crippen LogP contribution in [0.2, 0.25) is 0 Å². The molecule has 1 unspecified atom stereocenters. The number of anilines is 1. The van der Waals surface area contributed by atoms with Gasteiger partial charge in [-0.05, 0) is 35.8 Å². The van der Waals surface area contributed by atoms with Crippen LogP contribution in [0, 0.1) is 0 Å². The molecule has 1 atom stereocenters. The number of hydrogen-bond donors (Lipinski definition) is 2. The van der Waals surface area contributed by atoms with Crippen molar-refractivity contribution in [2.24, 2.45) is 4.99 Å². The Labute approximate surface area is 126 Å². The SMILES string of the molecule is [2H]c1c([2H])c(C(=O)O)c([2H])c([2H])c1N=CC1C(=O)Nc2ccccc21. The third-order valence-electron chi connectivity index (χ3n) is 3.01. The maximum Gasteiger partial charge on any atom is 0.335 e. The molecule has 0 spiro atoms. The number of carboxylic acids is 1. The van der Waals surface area contributed by atoms with E-state index < -0.39 is 41.6 Å². The van der Waals surface area contributed by atoms with Crippen molar-refractivity contribution >= 4 is 29.5 Å². The summed E-state index contributed by atoms with van der Waals surface area (Å²) in [5.41, 5.74) is 0.313. The molecule has 0 saturated carbocycles. The third-order valence-corrected chi connectivity index (χ3v) is 3.01. The van der Waals surface area contributed by atoms with Gasteiger partial charge in [-0.3, -0.25) is 9.79 Å². The van der Waals surface area contributed by atoms with Gasteiger partial charge in [-0.15, -0.1) is 0 Å². The van der Waals surface area contributed by atoms with Crippen molar-refractivity contribution in [1.82, 2.24) is 0 Å². The Kier molecular flexibility index (Phi) is 2.25. The number of carbonyl (C=O) groups excluding carboxylic acids is 1. The van der Waals surface area contributed by atoms with Crippen LogP contribution in [0.1, 0.15) is 27.3 Å². The van der Waals surface area contributed by atoms with E-state index in [0.717, 1.165) is 0 Å². The van der Waals surface area contributed by atoms with Gasteiger partial charge in [0, 0.05) is 11.9 Å². The molecule has 0 saturated heterocycles. The molecule has 2 N–H and O–H groups in total. The number of carbonyl (C=O) groups is 2. The quantitative estimate of drug-likeness (QED) is 0.851. The van der Waals surface area contributed by atoms with Crippen LogP contribution in [0.4, 0.5) is 11.4 Å². The van der Waals surface area contributed by atoms with Crippen LogP contribution in [0.3, 0.4) is 0 Å². The second-order valence-corrected chi connectivity index (χ2v) is 4.36. The van der Waals surface area contributed by atoms with Crippen LogP contribution < -0.4 is 5.32 Å².